The number of nitrogens with one attached hydrogen (secondary N) is 1. The van der Waals surface area contributed by atoms with Crippen LogP contribution in [0.15, 0.2) is 41.4 Å². The van der Waals surface area contributed by atoms with Crippen LogP contribution in [0.5, 0.6) is 0 Å². The van der Waals surface area contributed by atoms with E-state index in [0.29, 0.717) is 0 Å². The second kappa shape index (κ2) is 6.98. The second-order valence-corrected chi connectivity index (χ2v) is 5.82. The van der Waals surface area contributed by atoms with Crippen LogP contribution in [0, 0.1) is 0 Å². The Bertz CT molecular complexity index is 510. The fraction of sp³-hybridized carbons (Fsp3) is 0.357. The maximum absolute atomic E-state index is 5.89. The van der Waals surface area contributed by atoms with Gasteiger partial charge in [-0.05, 0) is 36.9 Å². The van der Waals surface area contributed by atoms with Crippen molar-refractivity contribution < 1.29 is 0 Å². The zero-order valence-corrected chi connectivity index (χ0v) is 12.7. The van der Waals surface area contributed by atoms with Gasteiger partial charge in [-0.15, -0.1) is 11.8 Å². The molecule has 1 atom stereocenters. The minimum atomic E-state index is 0.270. The van der Waals surface area contributed by atoms with E-state index < -0.39 is 0 Å². The number of aryl methyl sites for hydroxylation is 1. The first-order chi connectivity index (χ1) is 9.19. The Labute approximate surface area is 123 Å². The predicted octanol–water partition coefficient (Wildman–Crippen LogP) is 3.52. The zero-order valence-electron chi connectivity index (χ0n) is 11.1. The van der Waals surface area contributed by atoms with E-state index in [4.69, 9.17) is 11.6 Å². The summed E-state index contributed by atoms with van der Waals surface area (Å²) in [6.07, 6.45) is 1.98. The van der Waals surface area contributed by atoms with Crippen molar-refractivity contribution in [1.29, 1.82) is 0 Å². The summed E-state index contributed by atoms with van der Waals surface area (Å²) in [5.74, 6) is 0.951. The SMILES string of the molecule is CCNC(CSc1ccc(Cl)cc1)c1ccn(C)n1. The number of rotatable bonds is 6. The first-order valence-corrected chi connectivity index (χ1v) is 7.66. The van der Waals surface area contributed by atoms with Crippen molar-refractivity contribution in [2.75, 3.05) is 12.3 Å². The van der Waals surface area contributed by atoms with Gasteiger partial charge in [0, 0.05) is 28.9 Å². The van der Waals surface area contributed by atoms with Gasteiger partial charge in [0.2, 0.25) is 0 Å². The van der Waals surface area contributed by atoms with Crippen LogP contribution in [0.1, 0.15) is 18.7 Å². The highest BCUT2D eigenvalue weighted by Gasteiger charge is 2.13. The molecule has 5 heteroatoms. The standard InChI is InChI=1S/C14H18ClN3S/c1-3-16-14(13-8-9-18(2)17-13)10-19-12-6-4-11(15)5-7-12/h4-9,14,16H,3,10H2,1-2H3. The molecule has 0 amide bonds. The topological polar surface area (TPSA) is 29.9 Å². The molecule has 0 aliphatic heterocycles. The van der Waals surface area contributed by atoms with Gasteiger partial charge >= 0.3 is 0 Å². The summed E-state index contributed by atoms with van der Waals surface area (Å²) in [4.78, 5) is 1.23. The van der Waals surface area contributed by atoms with Crippen LogP contribution in [0.3, 0.4) is 0 Å². The molecule has 102 valence electrons. The quantitative estimate of drug-likeness (QED) is 0.827. The number of halogens is 1. The largest absolute Gasteiger partial charge is 0.308 e. The van der Waals surface area contributed by atoms with E-state index in [1.165, 1.54) is 4.90 Å². The minimum Gasteiger partial charge on any atom is -0.308 e. The Hall–Kier alpha value is -0.970. The van der Waals surface area contributed by atoms with Crippen molar-refractivity contribution in [2.24, 2.45) is 7.05 Å². The molecule has 2 rings (SSSR count). The van der Waals surface area contributed by atoms with Crippen LogP contribution in [-0.2, 0) is 7.05 Å². The van der Waals surface area contributed by atoms with Gasteiger partial charge in [-0.25, -0.2) is 0 Å². The van der Waals surface area contributed by atoms with Crippen molar-refractivity contribution in [3.63, 3.8) is 0 Å². The maximum Gasteiger partial charge on any atom is 0.0802 e. The summed E-state index contributed by atoms with van der Waals surface area (Å²) in [7, 11) is 1.94. The van der Waals surface area contributed by atoms with Crippen molar-refractivity contribution in [3.8, 4) is 0 Å². The molecular formula is C14H18ClN3S. The number of nitrogens with zero attached hydrogens (tertiary/aromatic N) is 2. The van der Waals surface area contributed by atoms with E-state index in [1.54, 1.807) is 0 Å². The second-order valence-electron chi connectivity index (χ2n) is 4.29. The Morgan fingerprint density at radius 2 is 2.05 bits per heavy atom. The third-order valence-corrected chi connectivity index (χ3v) is 4.13. The van der Waals surface area contributed by atoms with E-state index in [1.807, 2.05) is 41.8 Å². The van der Waals surface area contributed by atoms with Gasteiger partial charge in [0.1, 0.15) is 0 Å². The smallest absolute Gasteiger partial charge is 0.0802 e. The first kappa shape index (κ1) is 14.4. The molecule has 0 bridgehead atoms. The number of hydrogen-bond acceptors (Lipinski definition) is 3. The van der Waals surface area contributed by atoms with Gasteiger partial charge in [0.05, 0.1) is 11.7 Å². The molecule has 1 aromatic carbocycles. The van der Waals surface area contributed by atoms with Gasteiger partial charge < -0.3 is 5.32 Å². The third kappa shape index (κ3) is 4.27. The Morgan fingerprint density at radius 1 is 1.32 bits per heavy atom. The number of aromatic nitrogens is 2. The Kier molecular flexibility index (Phi) is 5.31. The molecule has 0 aliphatic carbocycles. The lowest BCUT2D eigenvalue weighted by Crippen LogP contribution is -2.23. The summed E-state index contributed by atoms with van der Waals surface area (Å²) in [6, 6.07) is 10.3. The molecule has 0 spiro atoms. The Balaban J connectivity index is 1.99. The van der Waals surface area contributed by atoms with Gasteiger partial charge in [0.15, 0.2) is 0 Å². The molecule has 0 aliphatic rings. The summed E-state index contributed by atoms with van der Waals surface area (Å²) < 4.78 is 1.84. The molecule has 1 N–H and O–H groups in total. The normalized spacial score (nSPS) is 12.6. The van der Waals surface area contributed by atoms with E-state index in [9.17, 15) is 0 Å². The molecule has 0 radical (unpaired) electrons. The monoisotopic (exact) mass is 295 g/mol. The molecule has 0 saturated carbocycles. The average molecular weight is 296 g/mol. The van der Waals surface area contributed by atoms with Crippen LogP contribution in [-0.4, -0.2) is 22.1 Å². The minimum absolute atomic E-state index is 0.270. The summed E-state index contributed by atoms with van der Waals surface area (Å²) in [5.41, 5.74) is 1.09. The third-order valence-electron chi connectivity index (χ3n) is 2.77. The molecule has 0 fully saturated rings. The maximum atomic E-state index is 5.89. The molecule has 0 saturated heterocycles. The highest BCUT2D eigenvalue weighted by molar-refractivity contribution is 7.99. The molecule has 1 heterocycles. The molecular weight excluding hydrogens is 278 g/mol. The number of benzene rings is 1. The van der Waals surface area contributed by atoms with Crippen LogP contribution < -0.4 is 5.32 Å². The highest BCUT2D eigenvalue weighted by Crippen LogP contribution is 2.25. The molecule has 2 aromatic rings. The van der Waals surface area contributed by atoms with Gasteiger partial charge in [-0.2, -0.15) is 5.10 Å². The number of thioether (sulfide) groups is 1. The van der Waals surface area contributed by atoms with Crippen LogP contribution in [0.2, 0.25) is 5.02 Å². The predicted molar refractivity (Wildman–Crippen MR) is 81.8 cm³/mol. The van der Waals surface area contributed by atoms with Crippen LogP contribution in [0.4, 0.5) is 0 Å². The molecule has 19 heavy (non-hydrogen) atoms. The zero-order chi connectivity index (χ0) is 13.7. The van der Waals surface area contributed by atoms with Crippen molar-refractivity contribution in [2.45, 2.75) is 17.9 Å². The summed E-state index contributed by atoms with van der Waals surface area (Å²) in [5, 5.41) is 8.72. The lowest BCUT2D eigenvalue weighted by Gasteiger charge is -2.15. The Morgan fingerprint density at radius 3 is 2.63 bits per heavy atom. The summed E-state index contributed by atoms with van der Waals surface area (Å²) >= 11 is 7.70. The summed E-state index contributed by atoms with van der Waals surface area (Å²) in [6.45, 7) is 3.05. The van der Waals surface area contributed by atoms with E-state index in [0.717, 1.165) is 23.0 Å². The van der Waals surface area contributed by atoms with E-state index in [2.05, 4.69) is 35.5 Å². The van der Waals surface area contributed by atoms with Crippen LogP contribution in [0.25, 0.3) is 0 Å². The highest BCUT2D eigenvalue weighted by atomic mass is 35.5. The van der Waals surface area contributed by atoms with Gasteiger partial charge in [-0.1, -0.05) is 18.5 Å². The number of hydrogen-bond donors (Lipinski definition) is 1. The van der Waals surface area contributed by atoms with Crippen molar-refractivity contribution >= 4 is 23.4 Å². The van der Waals surface area contributed by atoms with E-state index >= 15 is 0 Å². The van der Waals surface area contributed by atoms with Crippen molar-refractivity contribution in [3.05, 3.63) is 47.2 Å². The lowest BCUT2D eigenvalue weighted by molar-refractivity contribution is 0.578. The fourth-order valence-corrected chi connectivity index (χ4v) is 2.93. The molecule has 3 nitrogen and oxygen atoms in total. The van der Waals surface area contributed by atoms with Gasteiger partial charge in [-0.3, -0.25) is 4.68 Å². The van der Waals surface area contributed by atoms with E-state index in [-0.39, 0.29) is 6.04 Å². The molecule has 1 aromatic heterocycles. The molecule has 1 unspecified atom stereocenters. The fourth-order valence-electron chi connectivity index (χ4n) is 1.82. The van der Waals surface area contributed by atoms with Gasteiger partial charge in [0.25, 0.3) is 0 Å². The van der Waals surface area contributed by atoms with Crippen LogP contribution >= 0.6 is 23.4 Å². The lowest BCUT2D eigenvalue weighted by atomic mass is 10.2. The van der Waals surface area contributed by atoms with Crippen molar-refractivity contribution in [1.82, 2.24) is 15.1 Å². The first-order valence-electron chi connectivity index (χ1n) is 6.30. The average Bonchev–Trinajstić information content (AvgIpc) is 2.83.